The van der Waals surface area contributed by atoms with Gasteiger partial charge in [-0.2, -0.15) is 0 Å². The highest BCUT2D eigenvalue weighted by Crippen LogP contribution is 2.31. The molecule has 0 bridgehead atoms. The summed E-state index contributed by atoms with van der Waals surface area (Å²) in [7, 11) is 3.69. The monoisotopic (exact) mass is 587 g/mol. The molecule has 1 aliphatic heterocycles. The van der Waals surface area contributed by atoms with E-state index in [1.54, 1.807) is 11.8 Å². The Kier molecular flexibility index (Phi) is 11.4. The molecular weight excluding hydrogens is 538 g/mol. The molecule has 3 atom stereocenters. The quantitative estimate of drug-likeness (QED) is 0.456. The van der Waals surface area contributed by atoms with Crippen LogP contribution in [0.4, 0.5) is 4.79 Å². The number of piperidine rings is 1. The summed E-state index contributed by atoms with van der Waals surface area (Å²) in [6, 6.07) is 8.42. The van der Waals surface area contributed by atoms with Crippen molar-refractivity contribution in [1.82, 2.24) is 25.3 Å². The minimum atomic E-state index is -0.333. The topological polar surface area (TPSA) is 85.0 Å². The predicted molar refractivity (Wildman–Crippen MR) is 164 cm³/mol. The third kappa shape index (κ3) is 8.60. The van der Waals surface area contributed by atoms with Crippen molar-refractivity contribution in [2.24, 2.45) is 5.92 Å². The van der Waals surface area contributed by atoms with Crippen LogP contribution in [0.25, 0.3) is 0 Å². The van der Waals surface area contributed by atoms with E-state index in [-0.39, 0.29) is 47.9 Å². The second kappa shape index (κ2) is 14.7. The van der Waals surface area contributed by atoms with E-state index >= 15 is 0 Å². The van der Waals surface area contributed by atoms with Crippen molar-refractivity contribution in [3.05, 3.63) is 34.9 Å². The van der Waals surface area contributed by atoms with Gasteiger partial charge in [-0.3, -0.25) is 9.59 Å². The van der Waals surface area contributed by atoms with E-state index in [9.17, 15) is 14.4 Å². The molecule has 3 aliphatic rings. The molecule has 1 aromatic carbocycles. The second-order valence-electron chi connectivity index (χ2n) is 12.8. The number of urea groups is 1. The highest BCUT2D eigenvalue weighted by molar-refractivity contribution is 6.30. The molecule has 1 saturated heterocycles. The van der Waals surface area contributed by atoms with E-state index in [4.69, 9.17) is 11.6 Å². The first-order chi connectivity index (χ1) is 19.6. The summed E-state index contributed by atoms with van der Waals surface area (Å²) < 4.78 is 0. The Morgan fingerprint density at radius 1 is 0.951 bits per heavy atom. The average Bonchev–Trinajstić information content (AvgIpc) is 2.95. The van der Waals surface area contributed by atoms with Crippen LogP contribution in [0.5, 0.6) is 0 Å². The van der Waals surface area contributed by atoms with Gasteiger partial charge in [0.05, 0.1) is 6.04 Å². The van der Waals surface area contributed by atoms with Crippen LogP contribution >= 0.6 is 11.6 Å². The van der Waals surface area contributed by atoms with Gasteiger partial charge in [0, 0.05) is 63.3 Å². The van der Waals surface area contributed by atoms with Crippen molar-refractivity contribution in [2.75, 3.05) is 27.2 Å². The number of benzene rings is 1. The van der Waals surface area contributed by atoms with Crippen LogP contribution in [0.3, 0.4) is 0 Å². The first-order valence-corrected chi connectivity index (χ1v) is 16.1. The van der Waals surface area contributed by atoms with E-state index in [2.05, 4.69) is 22.5 Å². The molecule has 2 saturated carbocycles. The molecule has 1 heterocycles. The molecule has 3 fully saturated rings. The fourth-order valence-electron chi connectivity index (χ4n) is 7.18. The summed E-state index contributed by atoms with van der Waals surface area (Å²) in [5, 5.41) is 7.45. The van der Waals surface area contributed by atoms with Crippen LogP contribution in [-0.2, 0) is 16.0 Å². The first kappa shape index (κ1) is 31.6. The van der Waals surface area contributed by atoms with Crippen molar-refractivity contribution in [2.45, 2.75) is 115 Å². The number of halogens is 1. The Balaban J connectivity index is 1.44. The highest BCUT2D eigenvalue weighted by Gasteiger charge is 2.40. The summed E-state index contributed by atoms with van der Waals surface area (Å²) >= 11 is 6.14. The molecule has 0 aromatic heterocycles. The SMILES string of the molecule is CC(=O)N[C@H]1CC[C@@H](N[C@H](Cc2ccc(Cl)cc2)C(=O)N2CC[C@@H](N(C(=O)N(C)C)C3CCCCC3)[C@H](C)C2)CC1. The summed E-state index contributed by atoms with van der Waals surface area (Å²) in [4.78, 5) is 44.9. The van der Waals surface area contributed by atoms with Gasteiger partial charge in [-0.15, -0.1) is 0 Å². The van der Waals surface area contributed by atoms with Crippen molar-refractivity contribution in [3.63, 3.8) is 0 Å². The Morgan fingerprint density at radius 2 is 1.59 bits per heavy atom. The molecule has 4 amide bonds. The Bertz CT molecular complexity index is 1020. The van der Waals surface area contributed by atoms with E-state index in [0.29, 0.717) is 30.6 Å². The Hall–Kier alpha value is -2.32. The van der Waals surface area contributed by atoms with Gasteiger partial charge in [0.15, 0.2) is 0 Å². The number of nitrogens with zero attached hydrogens (tertiary/aromatic N) is 3. The lowest BCUT2D eigenvalue weighted by atomic mass is 9.87. The van der Waals surface area contributed by atoms with Gasteiger partial charge in [0.1, 0.15) is 0 Å². The standard InChI is InChI=1S/C32H50ClN5O3/c1-22-21-37(19-18-30(22)38(32(41)36(3)4)28-8-6-5-7-9-28)31(40)29(20-24-10-12-25(33)13-11-24)35-27-16-14-26(15-17-27)34-23(2)39/h10-13,22,26-30,35H,5-9,14-21H2,1-4H3,(H,34,39)/t22-,26-,27+,29-,30-/m1/s1. The lowest BCUT2D eigenvalue weighted by Gasteiger charge is -2.48. The highest BCUT2D eigenvalue weighted by atomic mass is 35.5. The van der Waals surface area contributed by atoms with Gasteiger partial charge < -0.3 is 25.3 Å². The van der Waals surface area contributed by atoms with Crippen LogP contribution in [-0.4, -0.2) is 89.9 Å². The molecule has 4 rings (SSSR count). The molecule has 9 heteroatoms. The number of hydrogen-bond acceptors (Lipinski definition) is 4. The van der Waals surface area contributed by atoms with E-state index in [1.165, 1.54) is 19.3 Å². The molecular formula is C32H50ClN5O3. The van der Waals surface area contributed by atoms with Crippen molar-refractivity contribution >= 4 is 29.4 Å². The lowest BCUT2D eigenvalue weighted by molar-refractivity contribution is -0.136. The zero-order valence-electron chi connectivity index (χ0n) is 25.4. The second-order valence-corrected chi connectivity index (χ2v) is 13.2. The summed E-state index contributed by atoms with van der Waals surface area (Å²) in [5.41, 5.74) is 1.08. The molecule has 0 spiro atoms. The number of rotatable bonds is 8. The maximum absolute atomic E-state index is 14.1. The number of nitrogens with one attached hydrogen (secondary N) is 2. The number of carbonyl (C=O) groups is 3. The molecule has 2 N–H and O–H groups in total. The molecule has 0 radical (unpaired) electrons. The summed E-state index contributed by atoms with van der Waals surface area (Å²) in [5.74, 6) is 0.351. The van der Waals surface area contributed by atoms with Crippen molar-refractivity contribution < 1.29 is 14.4 Å². The number of likely N-dealkylation sites (tertiary alicyclic amines) is 1. The zero-order chi connectivity index (χ0) is 29.5. The average molecular weight is 588 g/mol. The van der Waals surface area contributed by atoms with Crippen LogP contribution in [0.15, 0.2) is 24.3 Å². The summed E-state index contributed by atoms with van der Waals surface area (Å²) in [6.07, 6.45) is 10.8. The number of amides is 4. The molecule has 1 aromatic rings. The fraction of sp³-hybridized carbons (Fsp3) is 0.719. The van der Waals surface area contributed by atoms with E-state index in [0.717, 1.165) is 50.5 Å². The van der Waals surface area contributed by atoms with Crippen LogP contribution < -0.4 is 10.6 Å². The zero-order valence-corrected chi connectivity index (χ0v) is 26.2. The maximum Gasteiger partial charge on any atom is 0.319 e. The van der Waals surface area contributed by atoms with Gasteiger partial charge in [-0.1, -0.05) is 49.9 Å². The van der Waals surface area contributed by atoms with Gasteiger partial charge in [-0.25, -0.2) is 4.79 Å². The minimum Gasteiger partial charge on any atom is -0.354 e. The molecule has 228 valence electrons. The van der Waals surface area contributed by atoms with Crippen molar-refractivity contribution in [3.8, 4) is 0 Å². The normalized spacial score (nSPS) is 26.2. The van der Waals surface area contributed by atoms with Gasteiger partial charge in [0.2, 0.25) is 11.8 Å². The largest absolute Gasteiger partial charge is 0.354 e. The predicted octanol–water partition coefficient (Wildman–Crippen LogP) is 4.84. The van der Waals surface area contributed by atoms with Gasteiger partial charge in [-0.05, 0) is 75.0 Å². The molecule has 0 unspecified atom stereocenters. The summed E-state index contributed by atoms with van der Waals surface area (Å²) in [6.45, 7) is 5.08. The lowest BCUT2D eigenvalue weighted by Crippen LogP contribution is -2.60. The molecule has 2 aliphatic carbocycles. The number of carbonyl (C=O) groups excluding carboxylic acids is 3. The van der Waals surface area contributed by atoms with E-state index in [1.807, 2.05) is 43.3 Å². The molecule has 8 nitrogen and oxygen atoms in total. The van der Waals surface area contributed by atoms with Crippen LogP contribution in [0.1, 0.15) is 83.6 Å². The van der Waals surface area contributed by atoms with E-state index < -0.39 is 0 Å². The minimum absolute atomic E-state index is 0.0176. The van der Waals surface area contributed by atoms with Gasteiger partial charge in [0.25, 0.3) is 0 Å². The third-order valence-electron chi connectivity index (χ3n) is 9.32. The molecule has 41 heavy (non-hydrogen) atoms. The van der Waals surface area contributed by atoms with Gasteiger partial charge >= 0.3 is 6.03 Å². The third-order valence-corrected chi connectivity index (χ3v) is 9.58. The maximum atomic E-state index is 14.1. The van der Waals surface area contributed by atoms with Crippen LogP contribution in [0, 0.1) is 5.92 Å². The smallest absolute Gasteiger partial charge is 0.319 e. The van der Waals surface area contributed by atoms with Crippen molar-refractivity contribution in [1.29, 1.82) is 0 Å². The first-order valence-electron chi connectivity index (χ1n) is 15.7. The Morgan fingerprint density at radius 3 is 2.17 bits per heavy atom. The van der Waals surface area contributed by atoms with Crippen LogP contribution in [0.2, 0.25) is 5.02 Å². The fourth-order valence-corrected chi connectivity index (χ4v) is 7.30. The number of hydrogen-bond donors (Lipinski definition) is 2. The Labute approximate surface area is 251 Å².